The third kappa shape index (κ3) is 1.27. The molecule has 0 spiro atoms. The zero-order chi connectivity index (χ0) is 10.3. The van der Waals surface area contributed by atoms with E-state index in [9.17, 15) is 8.42 Å². The Hall–Kier alpha value is -1.43. The fourth-order valence-corrected chi connectivity index (χ4v) is 2.26. The lowest BCUT2D eigenvalue weighted by atomic mass is 10.3. The maximum Gasteiger partial charge on any atom is 0.303 e. The number of hydrogen-bond donors (Lipinski definition) is 0. The summed E-state index contributed by atoms with van der Waals surface area (Å²) < 4.78 is 26.3. The fourth-order valence-electron chi connectivity index (χ4n) is 1.24. The summed E-state index contributed by atoms with van der Waals surface area (Å²) in [4.78, 5) is 5.51. The first kappa shape index (κ1) is 9.14. The van der Waals surface area contributed by atoms with Crippen LogP contribution in [0.1, 0.15) is 5.56 Å². The van der Waals surface area contributed by atoms with E-state index in [-0.39, 0.29) is 5.03 Å². The lowest BCUT2D eigenvalue weighted by Gasteiger charge is -2.19. The molecule has 5 nitrogen and oxygen atoms in total. The summed E-state index contributed by atoms with van der Waals surface area (Å²) in [5.74, 6) is 0. The Labute approximate surface area is 82.2 Å². The van der Waals surface area contributed by atoms with Crippen LogP contribution in [-0.4, -0.2) is 26.8 Å². The van der Waals surface area contributed by atoms with Crippen LogP contribution in [0.25, 0.3) is 0 Å². The zero-order valence-corrected chi connectivity index (χ0v) is 8.61. The highest BCUT2D eigenvalue weighted by atomic mass is 32.2. The maximum absolute atomic E-state index is 11.4. The summed E-state index contributed by atoms with van der Waals surface area (Å²) in [5, 5.41) is 0.0214. The molecule has 0 unspecified atom stereocenters. The molecule has 6 heteroatoms. The van der Waals surface area contributed by atoms with Gasteiger partial charge in [0, 0.05) is 13.2 Å². The van der Waals surface area contributed by atoms with Gasteiger partial charge in [-0.2, -0.15) is 8.42 Å². The van der Waals surface area contributed by atoms with Gasteiger partial charge in [0.1, 0.15) is 6.34 Å². The molecule has 0 saturated carbocycles. The van der Waals surface area contributed by atoms with Crippen molar-refractivity contribution >= 4 is 22.0 Å². The van der Waals surface area contributed by atoms with E-state index in [4.69, 9.17) is 0 Å². The normalized spacial score (nSPS) is 18.0. The van der Waals surface area contributed by atoms with Crippen molar-refractivity contribution < 1.29 is 8.42 Å². The maximum atomic E-state index is 11.4. The van der Waals surface area contributed by atoms with E-state index in [2.05, 4.69) is 9.38 Å². The van der Waals surface area contributed by atoms with Gasteiger partial charge in [0.25, 0.3) is 0 Å². The quantitative estimate of drug-likeness (QED) is 0.629. The van der Waals surface area contributed by atoms with Crippen LogP contribution in [0, 0.1) is 6.92 Å². The number of aromatic nitrogens is 1. The first-order valence-corrected chi connectivity index (χ1v) is 5.45. The van der Waals surface area contributed by atoms with Crippen molar-refractivity contribution in [3.63, 3.8) is 0 Å². The highest BCUT2D eigenvalue weighted by molar-refractivity contribution is 7.90. The lowest BCUT2D eigenvalue weighted by Crippen LogP contribution is -2.23. The Bertz CT molecular complexity index is 507. The van der Waals surface area contributed by atoms with E-state index in [1.54, 1.807) is 18.0 Å². The molecular weight excluding hydrogens is 202 g/mol. The van der Waals surface area contributed by atoms with Crippen molar-refractivity contribution in [2.45, 2.75) is 11.9 Å². The molecule has 0 saturated heterocycles. The molecule has 2 rings (SSSR count). The van der Waals surface area contributed by atoms with Crippen molar-refractivity contribution in [3.8, 4) is 0 Å². The summed E-state index contributed by atoms with van der Waals surface area (Å²) in [7, 11) is -1.84. The third-order valence-corrected chi connectivity index (χ3v) is 3.13. The molecule has 0 fully saturated rings. The molecule has 0 aliphatic carbocycles. The van der Waals surface area contributed by atoms with Crippen LogP contribution >= 0.6 is 0 Å². The number of sulfonamides is 1. The van der Waals surface area contributed by atoms with Crippen LogP contribution in [0.4, 0.5) is 5.69 Å². The number of nitrogens with zero attached hydrogens (tertiary/aromatic N) is 3. The Morgan fingerprint density at radius 1 is 1.43 bits per heavy atom. The Morgan fingerprint density at radius 2 is 2.14 bits per heavy atom. The van der Waals surface area contributed by atoms with Gasteiger partial charge in [-0.15, -0.1) is 4.40 Å². The van der Waals surface area contributed by atoms with Crippen LogP contribution in [0.2, 0.25) is 0 Å². The average Bonchev–Trinajstić information content (AvgIpc) is 2.12. The van der Waals surface area contributed by atoms with Gasteiger partial charge in [-0.25, -0.2) is 4.98 Å². The van der Waals surface area contributed by atoms with Gasteiger partial charge >= 0.3 is 10.0 Å². The van der Waals surface area contributed by atoms with Gasteiger partial charge in [0.2, 0.25) is 5.03 Å². The van der Waals surface area contributed by atoms with Crippen molar-refractivity contribution in [2.75, 3.05) is 11.9 Å². The molecule has 0 atom stereocenters. The number of hydrogen-bond acceptors (Lipinski definition) is 4. The highest BCUT2D eigenvalue weighted by Crippen LogP contribution is 2.26. The summed E-state index contributed by atoms with van der Waals surface area (Å²) >= 11 is 0. The molecule has 0 radical (unpaired) electrons. The number of rotatable bonds is 0. The molecule has 1 aromatic heterocycles. The summed E-state index contributed by atoms with van der Waals surface area (Å²) in [5.41, 5.74) is 1.49. The summed E-state index contributed by atoms with van der Waals surface area (Å²) in [6.45, 7) is 1.86. The van der Waals surface area contributed by atoms with Gasteiger partial charge in [-0.3, -0.25) is 0 Å². The zero-order valence-electron chi connectivity index (χ0n) is 7.80. The second kappa shape index (κ2) is 2.78. The van der Waals surface area contributed by atoms with Gasteiger partial charge in [0.15, 0.2) is 0 Å². The molecular formula is C8H9N3O2S. The van der Waals surface area contributed by atoms with E-state index < -0.39 is 10.0 Å². The third-order valence-electron chi connectivity index (χ3n) is 1.95. The number of anilines is 1. The number of pyridine rings is 1. The van der Waals surface area contributed by atoms with E-state index in [0.717, 1.165) is 5.56 Å². The molecule has 0 amide bonds. The molecule has 1 aliphatic rings. The predicted octanol–water partition coefficient (Wildman–Crippen LogP) is 0.557. The first-order chi connectivity index (χ1) is 6.50. The Morgan fingerprint density at radius 3 is 2.86 bits per heavy atom. The van der Waals surface area contributed by atoms with Crippen molar-refractivity contribution in [3.05, 3.63) is 17.8 Å². The van der Waals surface area contributed by atoms with E-state index in [1.807, 2.05) is 6.92 Å². The van der Waals surface area contributed by atoms with Crippen molar-refractivity contribution in [1.82, 2.24) is 4.98 Å². The minimum Gasteiger partial charge on any atom is -0.332 e. The van der Waals surface area contributed by atoms with Crippen molar-refractivity contribution in [1.29, 1.82) is 0 Å². The lowest BCUT2D eigenvalue weighted by molar-refractivity contribution is 0.593. The van der Waals surface area contributed by atoms with Gasteiger partial charge in [0.05, 0.1) is 5.69 Å². The Kier molecular flexibility index (Phi) is 1.81. The van der Waals surface area contributed by atoms with Gasteiger partial charge in [-0.1, -0.05) is 0 Å². The van der Waals surface area contributed by atoms with Crippen LogP contribution < -0.4 is 4.90 Å². The van der Waals surface area contributed by atoms with Crippen LogP contribution in [0.5, 0.6) is 0 Å². The standard InChI is InChI=1S/C8H9N3O2S/c1-6-3-7-8(9-4-6)14(12,13)10-5-11(7)2/h3-5H,1-2H3. The van der Waals surface area contributed by atoms with Crippen LogP contribution in [0.3, 0.4) is 0 Å². The molecule has 0 aromatic carbocycles. The molecule has 74 valence electrons. The largest absolute Gasteiger partial charge is 0.332 e. The van der Waals surface area contributed by atoms with E-state index >= 15 is 0 Å². The van der Waals surface area contributed by atoms with Gasteiger partial charge < -0.3 is 4.90 Å². The fraction of sp³-hybridized carbons (Fsp3) is 0.250. The molecule has 1 aromatic rings. The summed E-state index contributed by atoms with van der Waals surface area (Å²) in [6, 6.07) is 1.77. The summed E-state index contributed by atoms with van der Waals surface area (Å²) in [6.07, 6.45) is 2.80. The minimum absolute atomic E-state index is 0.0214. The van der Waals surface area contributed by atoms with E-state index in [0.29, 0.717) is 5.69 Å². The van der Waals surface area contributed by atoms with E-state index in [1.165, 1.54) is 12.5 Å². The second-order valence-corrected chi connectivity index (χ2v) is 4.69. The average molecular weight is 211 g/mol. The molecule has 1 aliphatic heterocycles. The Balaban J connectivity index is 2.75. The molecule has 14 heavy (non-hydrogen) atoms. The molecule has 2 heterocycles. The smallest absolute Gasteiger partial charge is 0.303 e. The first-order valence-electron chi connectivity index (χ1n) is 4.01. The van der Waals surface area contributed by atoms with Crippen molar-refractivity contribution in [2.24, 2.45) is 4.40 Å². The van der Waals surface area contributed by atoms with Gasteiger partial charge in [-0.05, 0) is 18.6 Å². The SMILES string of the molecule is Cc1cnc2c(c1)N(C)C=NS2(=O)=O. The predicted molar refractivity (Wildman–Crippen MR) is 53.1 cm³/mol. The van der Waals surface area contributed by atoms with Crippen LogP contribution in [0.15, 0.2) is 21.7 Å². The minimum atomic E-state index is -3.58. The topological polar surface area (TPSA) is 62.6 Å². The monoisotopic (exact) mass is 211 g/mol. The molecule has 0 N–H and O–H groups in total. The molecule has 0 bridgehead atoms. The number of aryl methyl sites for hydroxylation is 1. The second-order valence-electron chi connectivity index (χ2n) is 3.14. The number of fused-ring (bicyclic) bond motifs is 1. The highest BCUT2D eigenvalue weighted by Gasteiger charge is 2.24. The van der Waals surface area contributed by atoms with Crippen LogP contribution in [-0.2, 0) is 10.0 Å².